The van der Waals surface area contributed by atoms with Gasteiger partial charge in [0.05, 0.1) is 0 Å². The SMILES string of the molecule is CCC(=O)NCC[C@@H](OC=O)OC(C)=O. The Balaban J connectivity index is 3.79. The molecule has 0 saturated heterocycles. The first-order chi connectivity index (χ1) is 7.10. The molecule has 6 nitrogen and oxygen atoms in total. The molecule has 1 N–H and O–H groups in total. The minimum Gasteiger partial charge on any atom is -0.427 e. The molecule has 15 heavy (non-hydrogen) atoms. The highest BCUT2D eigenvalue weighted by Crippen LogP contribution is 1.99. The molecule has 0 aromatic carbocycles. The molecule has 0 aromatic heterocycles. The van der Waals surface area contributed by atoms with E-state index in [4.69, 9.17) is 0 Å². The van der Waals surface area contributed by atoms with E-state index in [1.54, 1.807) is 6.92 Å². The lowest BCUT2D eigenvalue weighted by molar-refractivity contribution is -0.178. The molecule has 0 aromatic rings. The number of rotatable bonds is 7. The van der Waals surface area contributed by atoms with Crippen molar-refractivity contribution in [3.8, 4) is 0 Å². The number of hydrogen-bond donors (Lipinski definition) is 1. The Morgan fingerprint density at radius 3 is 2.60 bits per heavy atom. The predicted octanol–water partition coefficient (Wildman–Crippen LogP) is -0.0351. The van der Waals surface area contributed by atoms with Crippen molar-refractivity contribution < 1.29 is 23.9 Å². The van der Waals surface area contributed by atoms with Crippen LogP contribution in [-0.4, -0.2) is 31.2 Å². The van der Waals surface area contributed by atoms with Crippen molar-refractivity contribution >= 4 is 18.3 Å². The quantitative estimate of drug-likeness (QED) is 0.368. The molecule has 0 aliphatic rings. The molecule has 0 aliphatic carbocycles. The van der Waals surface area contributed by atoms with E-state index in [9.17, 15) is 14.4 Å². The number of carbonyl (C=O) groups is 3. The first-order valence-corrected chi connectivity index (χ1v) is 4.63. The predicted molar refractivity (Wildman–Crippen MR) is 50.6 cm³/mol. The molecular formula is C9H15NO5. The molecule has 0 fully saturated rings. The van der Waals surface area contributed by atoms with E-state index < -0.39 is 12.3 Å². The third-order valence-corrected chi connectivity index (χ3v) is 1.53. The lowest BCUT2D eigenvalue weighted by Gasteiger charge is -2.14. The van der Waals surface area contributed by atoms with Gasteiger partial charge in [-0.05, 0) is 0 Å². The third-order valence-electron chi connectivity index (χ3n) is 1.53. The van der Waals surface area contributed by atoms with E-state index in [0.717, 1.165) is 0 Å². The van der Waals surface area contributed by atoms with Crippen LogP contribution >= 0.6 is 0 Å². The number of amides is 1. The summed E-state index contributed by atoms with van der Waals surface area (Å²) in [6.07, 6.45) is -0.311. The lowest BCUT2D eigenvalue weighted by Crippen LogP contribution is -2.29. The highest BCUT2D eigenvalue weighted by molar-refractivity contribution is 5.75. The van der Waals surface area contributed by atoms with Gasteiger partial charge in [-0.3, -0.25) is 14.4 Å². The zero-order valence-corrected chi connectivity index (χ0v) is 8.82. The van der Waals surface area contributed by atoms with E-state index in [-0.39, 0.29) is 18.8 Å². The van der Waals surface area contributed by atoms with Crippen molar-refractivity contribution in [3.05, 3.63) is 0 Å². The Morgan fingerprint density at radius 1 is 1.47 bits per heavy atom. The van der Waals surface area contributed by atoms with Gasteiger partial charge in [-0.1, -0.05) is 6.92 Å². The van der Waals surface area contributed by atoms with Gasteiger partial charge in [0.1, 0.15) is 0 Å². The second kappa shape index (κ2) is 7.78. The van der Waals surface area contributed by atoms with Crippen molar-refractivity contribution in [1.82, 2.24) is 5.32 Å². The normalized spacial score (nSPS) is 11.3. The van der Waals surface area contributed by atoms with Gasteiger partial charge in [0.15, 0.2) is 0 Å². The average Bonchev–Trinajstić information content (AvgIpc) is 2.16. The molecular weight excluding hydrogens is 202 g/mol. The highest BCUT2D eigenvalue weighted by atomic mass is 16.7. The smallest absolute Gasteiger partial charge is 0.305 e. The summed E-state index contributed by atoms with van der Waals surface area (Å²) in [6, 6.07) is 0. The number of nitrogens with one attached hydrogen (secondary N) is 1. The Hall–Kier alpha value is -1.59. The fraction of sp³-hybridized carbons (Fsp3) is 0.667. The van der Waals surface area contributed by atoms with Crippen molar-refractivity contribution in [1.29, 1.82) is 0 Å². The van der Waals surface area contributed by atoms with Gasteiger partial charge in [-0.25, -0.2) is 0 Å². The van der Waals surface area contributed by atoms with Crippen LogP contribution < -0.4 is 5.32 Å². The first-order valence-electron chi connectivity index (χ1n) is 4.63. The molecule has 0 radical (unpaired) electrons. The van der Waals surface area contributed by atoms with E-state index in [1.165, 1.54) is 6.92 Å². The summed E-state index contributed by atoms with van der Waals surface area (Å²) in [5.41, 5.74) is 0. The second-order valence-electron chi connectivity index (χ2n) is 2.76. The van der Waals surface area contributed by atoms with Crippen molar-refractivity contribution in [2.45, 2.75) is 33.0 Å². The van der Waals surface area contributed by atoms with Crippen LogP contribution in [0, 0.1) is 0 Å². The van der Waals surface area contributed by atoms with Crippen LogP contribution in [0.25, 0.3) is 0 Å². The van der Waals surface area contributed by atoms with Gasteiger partial charge in [0.2, 0.25) is 12.2 Å². The van der Waals surface area contributed by atoms with Gasteiger partial charge in [-0.2, -0.15) is 0 Å². The highest BCUT2D eigenvalue weighted by Gasteiger charge is 2.12. The van der Waals surface area contributed by atoms with E-state index in [0.29, 0.717) is 13.0 Å². The zero-order chi connectivity index (χ0) is 11.7. The van der Waals surface area contributed by atoms with Crippen LogP contribution in [0.2, 0.25) is 0 Å². The van der Waals surface area contributed by atoms with E-state index in [1.807, 2.05) is 0 Å². The summed E-state index contributed by atoms with van der Waals surface area (Å²) >= 11 is 0. The lowest BCUT2D eigenvalue weighted by atomic mass is 10.4. The molecule has 0 rings (SSSR count). The topological polar surface area (TPSA) is 81.7 Å². The van der Waals surface area contributed by atoms with E-state index in [2.05, 4.69) is 14.8 Å². The summed E-state index contributed by atoms with van der Waals surface area (Å²) in [5.74, 6) is -0.647. The fourth-order valence-electron chi connectivity index (χ4n) is 0.856. The maximum Gasteiger partial charge on any atom is 0.305 e. The molecule has 1 amide bonds. The number of carbonyl (C=O) groups excluding carboxylic acids is 3. The summed E-state index contributed by atoms with van der Waals surface area (Å²) in [7, 11) is 0. The monoisotopic (exact) mass is 217 g/mol. The van der Waals surface area contributed by atoms with Gasteiger partial charge < -0.3 is 14.8 Å². The van der Waals surface area contributed by atoms with E-state index >= 15 is 0 Å². The number of hydrogen-bond acceptors (Lipinski definition) is 5. The summed E-state index contributed by atoms with van der Waals surface area (Å²) < 4.78 is 9.16. The molecule has 0 heterocycles. The minimum atomic E-state index is -0.933. The fourth-order valence-corrected chi connectivity index (χ4v) is 0.856. The van der Waals surface area contributed by atoms with Gasteiger partial charge in [0.25, 0.3) is 6.47 Å². The third kappa shape index (κ3) is 7.48. The standard InChI is InChI=1S/C9H15NO5/c1-3-8(13)10-5-4-9(14-6-11)15-7(2)12/h6,9H,3-5H2,1-2H3,(H,10,13)/t9-/m0/s1. The van der Waals surface area contributed by atoms with Crippen LogP contribution in [0.3, 0.4) is 0 Å². The first kappa shape index (κ1) is 13.4. The van der Waals surface area contributed by atoms with Crippen molar-refractivity contribution in [2.24, 2.45) is 0 Å². The van der Waals surface area contributed by atoms with Crippen molar-refractivity contribution in [2.75, 3.05) is 6.54 Å². The van der Waals surface area contributed by atoms with Crippen LogP contribution in [-0.2, 0) is 23.9 Å². The molecule has 0 bridgehead atoms. The largest absolute Gasteiger partial charge is 0.427 e. The Morgan fingerprint density at radius 2 is 2.13 bits per heavy atom. The number of ether oxygens (including phenoxy) is 2. The Kier molecular flexibility index (Phi) is 6.96. The molecule has 1 atom stereocenters. The maximum absolute atomic E-state index is 10.8. The summed E-state index contributed by atoms with van der Waals surface area (Å²) in [4.78, 5) is 31.5. The number of esters is 1. The average molecular weight is 217 g/mol. The summed E-state index contributed by atoms with van der Waals surface area (Å²) in [6.45, 7) is 3.43. The zero-order valence-electron chi connectivity index (χ0n) is 8.82. The van der Waals surface area contributed by atoms with Crippen LogP contribution in [0.15, 0.2) is 0 Å². The van der Waals surface area contributed by atoms with Crippen LogP contribution in [0.5, 0.6) is 0 Å². The second-order valence-corrected chi connectivity index (χ2v) is 2.76. The molecule has 0 saturated carbocycles. The van der Waals surface area contributed by atoms with Gasteiger partial charge >= 0.3 is 5.97 Å². The molecule has 0 aliphatic heterocycles. The summed E-state index contributed by atoms with van der Waals surface area (Å²) in [5, 5.41) is 2.57. The van der Waals surface area contributed by atoms with Crippen LogP contribution in [0.4, 0.5) is 0 Å². The van der Waals surface area contributed by atoms with Crippen LogP contribution in [0.1, 0.15) is 26.7 Å². The maximum atomic E-state index is 10.8. The van der Waals surface area contributed by atoms with Gasteiger partial charge in [-0.15, -0.1) is 0 Å². The molecule has 0 spiro atoms. The van der Waals surface area contributed by atoms with Crippen molar-refractivity contribution in [3.63, 3.8) is 0 Å². The Bertz CT molecular complexity index is 229. The minimum absolute atomic E-state index is 0.109. The van der Waals surface area contributed by atoms with Gasteiger partial charge in [0, 0.05) is 26.3 Å². The molecule has 0 unspecified atom stereocenters. The Labute approximate surface area is 87.9 Å². The molecule has 86 valence electrons. The molecule has 6 heteroatoms.